The Bertz CT molecular complexity index is 525. The van der Waals surface area contributed by atoms with Crippen molar-refractivity contribution < 1.29 is 33.7 Å². The van der Waals surface area contributed by atoms with Crippen LogP contribution in [0.5, 0.6) is 0 Å². The lowest BCUT2D eigenvalue weighted by molar-refractivity contribution is -0.227. The summed E-state index contributed by atoms with van der Waals surface area (Å²) in [5, 5.41) is 12.1. The number of nitrogens with one attached hydrogen (secondary N) is 1. The highest BCUT2D eigenvalue weighted by Crippen LogP contribution is 2.45. The average Bonchev–Trinajstić information content (AvgIpc) is 2.47. The number of hydrogen-bond acceptors (Lipinski definition) is 7. The first-order valence-corrected chi connectivity index (χ1v) is 8.33. The summed E-state index contributed by atoms with van der Waals surface area (Å²) in [7, 11) is -4.52. The number of aliphatic hydroxyl groups is 1. The van der Waals surface area contributed by atoms with Crippen LogP contribution < -0.4 is 5.32 Å². The van der Waals surface area contributed by atoms with Gasteiger partial charge in [-0.15, -0.1) is 4.67 Å². The minimum atomic E-state index is -4.52. The molecule has 2 atom stereocenters. The van der Waals surface area contributed by atoms with Gasteiger partial charge in [0.2, 0.25) is 5.97 Å². The molecular weight excluding hydrogens is 337 g/mol. The maximum atomic E-state index is 11.7. The molecule has 0 bridgehead atoms. The molecule has 0 spiro atoms. The summed E-state index contributed by atoms with van der Waals surface area (Å²) >= 11 is 5.71. The second-order valence-corrected chi connectivity index (χ2v) is 6.29. The number of hydrogen-bond donors (Lipinski definition) is 3. The molecule has 0 amide bonds. The van der Waals surface area contributed by atoms with Crippen molar-refractivity contribution in [2.75, 3.05) is 13.2 Å². The Kier molecular flexibility index (Phi) is 7.98. The highest BCUT2D eigenvalue weighted by atomic mass is 35.5. The summed E-state index contributed by atoms with van der Waals surface area (Å²) in [5.41, 5.74) is 0.651. The molecular formula is C12H17ClNO7P. The highest BCUT2D eigenvalue weighted by Gasteiger charge is 2.32. The van der Waals surface area contributed by atoms with Gasteiger partial charge in [-0.2, -0.15) is 0 Å². The molecule has 0 fully saturated rings. The molecule has 3 N–H and O–H groups in total. The van der Waals surface area contributed by atoms with E-state index in [1.807, 2.05) is 0 Å². The van der Waals surface area contributed by atoms with Gasteiger partial charge in [-0.3, -0.25) is 14.7 Å². The van der Waals surface area contributed by atoms with Gasteiger partial charge in [0.05, 0.1) is 13.2 Å². The fourth-order valence-electron chi connectivity index (χ4n) is 1.29. The molecule has 2 unspecified atom stereocenters. The number of halogens is 1. The molecule has 0 heterocycles. The molecule has 0 aliphatic heterocycles. The summed E-state index contributed by atoms with van der Waals surface area (Å²) in [6, 6.07) is 6.52. The molecule has 1 aromatic rings. The minimum Gasteiger partial charge on any atom is -0.465 e. The third kappa shape index (κ3) is 6.85. The molecule has 10 heteroatoms. The van der Waals surface area contributed by atoms with E-state index in [9.17, 15) is 19.4 Å². The van der Waals surface area contributed by atoms with E-state index in [2.05, 4.69) is 19.6 Å². The number of ether oxygens (including phenoxy) is 1. The van der Waals surface area contributed by atoms with E-state index >= 15 is 0 Å². The van der Waals surface area contributed by atoms with Crippen LogP contribution in [-0.4, -0.2) is 35.1 Å². The lowest BCUT2D eigenvalue weighted by atomic mass is 10.2. The monoisotopic (exact) mass is 353 g/mol. The number of esters is 1. The third-order valence-corrected chi connectivity index (χ3v) is 3.71. The molecule has 1 aromatic carbocycles. The fourth-order valence-corrected chi connectivity index (χ4v) is 2.03. The molecule has 1 rings (SSSR count). The van der Waals surface area contributed by atoms with Crippen molar-refractivity contribution in [3.8, 4) is 0 Å². The van der Waals surface area contributed by atoms with Crippen LogP contribution in [0.2, 0.25) is 5.02 Å². The Balaban J connectivity index is 2.37. The number of rotatable bonds is 9. The maximum Gasteiger partial charge on any atom is 0.397 e. The van der Waals surface area contributed by atoms with Crippen molar-refractivity contribution >= 4 is 25.2 Å². The second kappa shape index (κ2) is 9.22. The van der Waals surface area contributed by atoms with Crippen LogP contribution in [0.3, 0.4) is 0 Å². The Morgan fingerprint density at radius 3 is 2.64 bits per heavy atom. The standard InChI is InChI=1S/C12H17ClNO7P/c1-2-19-11(15)7-14-12(16)22(17,18)21-20-8-9-3-5-10(13)6-4-9/h3-6,12,14,16H,2,7-8H2,1H3,(H,17,18). The largest absolute Gasteiger partial charge is 0.465 e. The Labute approximate surface area is 132 Å². The zero-order valence-corrected chi connectivity index (χ0v) is 13.4. The van der Waals surface area contributed by atoms with Crippen LogP contribution in [0.1, 0.15) is 12.5 Å². The first-order chi connectivity index (χ1) is 10.3. The Morgan fingerprint density at radius 2 is 2.05 bits per heavy atom. The lowest BCUT2D eigenvalue weighted by Crippen LogP contribution is -2.34. The van der Waals surface area contributed by atoms with Gasteiger partial charge in [-0.05, 0) is 24.6 Å². The van der Waals surface area contributed by atoms with Gasteiger partial charge in [-0.1, -0.05) is 23.7 Å². The number of carbonyl (C=O) groups is 1. The molecule has 0 aliphatic carbocycles. The maximum absolute atomic E-state index is 11.7. The van der Waals surface area contributed by atoms with E-state index < -0.39 is 26.1 Å². The first kappa shape index (κ1) is 19.1. The molecule has 22 heavy (non-hydrogen) atoms. The van der Waals surface area contributed by atoms with Crippen molar-refractivity contribution in [2.24, 2.45) is 0 Å². The SMILES string of the molecule is CCOC(=O)CNC(O)P(=O)(O)OOCc1ccc(Cl)cc1. The number of carbonyl (C=O) groups excluding carboxylic acids is 1. The molecule has 0 saturated carbocycles. The van der Waals surface area contributed by atoms with Crippen LogP contribution in [0.15, 0.2) is 24.3 Å². The van der Waals surface area contributed by atoms with Gasteiger partial charge in [-0.25, -0.2) is 4.89 Å². The molecule has 124 valence electrons. The van der Waals surface area contributed by atoms with Gasteiger partial charge in [0, 0.05) is 5.02 Å². The third-order valence-electron chi connectivity index (χ3n) is 2.34. The van der Waals surface area contributed by atoms with E-state index in [0.717, 1.165) is 0 Å². The molecule has 0 radical (unpaired) electrons. The first-order valence-electron chi connectivity index (χ1n) is 6.30. The van der Waals surface area contributed by atoms with Crippen LogP contribution >= 0.6 is 19.2 Å². The van der Waals surface area contributed by atoms with Gasteiger partial charge >= 0.3 is 13.6 Å². The molecule has 0 saturated heterocycles. The topological polar surface area (TPSA) is 114 Å². The summed E-state index contributed by atoms with van der Waals surface area (Å²) < 4.78 is 20.6. The number of aliphatic hydroxyl groups excluding tert-OH is 1. The predicted molar refractivity (Wildman–Crippen MR) is 77.8 cm³/mol. The Hall–Kier alpha value is -0.990. The fraction of sp³-hybridized carbons (Fsp3) is 0.417. The van der Waals surface area contributed by atoms with Crippen LogP contribution in [0.25, 0.3) is 0 Å². The van der Waals surface area contributed by atoms with Gasteiger partial charge < -0.3 is 14.7 Å². The summed E-state index contributed by atoms with van der Waals surface area (Å²) in [4.78, 5) is 25.1. The zero-order valence-electron chi connectivity index (χ0n) is 11.8. The van der Waals surface area contributed by atoms with E-state index in [1.165, 1.54) is 0 Å². The van der Waals surface area contributed by atoms with Gasteiger partial charge in [0.25, 0.3) is 0 Å². The lowest BCUT2D eigenvalue weighted by Gasteiger charge is -2.17. The second-order valence-electron chi connectivity index (χ2n) is 4.09. The minimum absolute atomic E-state index is 0.119. The summed E-state index contributed by atoms with van der Waals surface area (Å²) in [5.74, 6) is -2.66. The van der Waals surface area contributed by atoms with Crippen LogP contribution in [-0.2, 0) is 30.3 Å². The van der Waals surface area contributed by atoms with Crippen molar-refractivity contribution in [1.29, 1.82) is 0 Å². The van der Waals surface area contributed by atoms with Crippen molar-refractivity contribution in [1.82, 2.24) is 5.32 Å². The summed E-state index contributed by atoms with van der Waals surface area (Å²) in [6.45, 7) is 1.21. The van der Waals surface area contributed by atoms with E-state index in [4.69, 9.17) is 11.6 Å². The normalized spacial score (nSPS) is 15.1. The predicted octanol–water partition coefficient (Wildman–Crippen LogP) is 1.40. The molecule has 0 aliphatic rings. The number of benzene rings is 1. The average molecular weight is 354 g/mol. The van der Waals surface area contributed by atoms with Gasteiger partial charge in [0.15, 0.2) is 0 Å². The van der Waals surface area contributed by atoms with Gasteiger partial charge in [0.1, 0.15) is 6.61 Å². The van der Waals surface area contributed by atoms with Crippen molar-refractivity contribution in [3.05, 3.63) is 34.9 Å². The molecule has 8 nitrogen and oxygen atoms in total. The van der Waals surface area contributed by atoms with E-state index in [-0.39, 0.29) is 13.2 Å². The van der Waals surface area contributed by atoms with Crippen molar-refractivity contribution in [3.63, 3.8) is 0 Å². The Morgan fingerprint density at radius 1 is 1.41 bits per heavy atom. The van der Waals surface area contributed by atoms with Crippen LogP contribution in [0, 0.1) is 0 Å². The van der Waals surface area contributed by atoms with Crippen LogP contribution in [0.4, 0.5) is 0 Å². The highest BCUT2D eigenvalue weighted by molar-refractivity contribution is 7.53. The smallest absolute Gasteiger partial charge is 0.397 e. The quantitative estimate of drug-likeness (QED) is 0.201. The van der Waals surface area contributed by atoms with E-state index in [0.29, 0.717) is 10.6 Å². The van der Waals surface area contributed by atoms with Crippen molar-refractivity contribution in [2.45, 2.75) is 19.5 Å². The zero-order chi connectivity index (χ0) is 16.6. The summed E-state index contributed by atoms with van der Waals surface area (Å²) in [6.07, 6.45) is 0. The molecule has 0 aromatic heterocycles. The van der Waals surface area contributed by atoms with E-state index in [1.54, 1.807) is 31.2 Å².